The van der Waals surface area contributed by atoms with E-state index >= 15 is 0 Å². The normalized spacial score (nSPS) is 11.8. The first-order valence-electron chi connectivity index (χ1n) is 11.7. The Labute approximate surface area is 215 Å². The van der Waals surface area contributed by atoms with Crippen molar-refractivity contribution < 1.29 is 14.3 Å². The summed E-state index contributed by atoms with van der Waals surface area (Å²) in [6.45, 7) is 6.05. The summed E-state index contributed by atoms with van der Waals surface area (Å²) < 4.78 is 11.5. The first-order valence-corrected chi connectivity index (χ1v) is 12.7. The third-order valence-corrected chi connectivity index (χ3v) is 7.17. The van der Waals surface area contributed by atoms with Gasteiger partial charge in [0.15, 0.2) is 5.82 Å². The Kier molecular flexibility index (Phi) is 6.65. The predicted octanol–water partition coefficient (Wildman–Crippen LogP) is 6.50. The van der Waals surface area contributed by atoms with Gasteiger partial charge in [0.25, 0.3) is 0 Å². The van der Waals surface area contributed by atoms with Crippen LogP contribution in [0.25, 0.3) is 11.4 Å². The van der Waals surface area contributed by atoms with Crippen LogP contribution in [0.2, 0.25) is 0 Å². The zero-order valence-corrected chi connectivity index (χ0v) is 21.5. The molecule has 1 aromatic heterocycles. The number of carbonyl (C=O) groups is 1. The summed E-state index contributed by atoms with van der Waals surface area (Å²) in [5.41, 5.74) is 6.93. The molecule has 7 heteroatoms. The highest BCUT2D eigenvalue weighted by atomic mass is 32.2. The second-order valence-corrected chi connectivity index (χ2v) is 9.82. The molecule has 1 N–H and O–H groups in total. The summed E-state index contributed by atoms with van der Waals surface area (Å²) in [5, 5.41) is 3.81. The van der Waals surface area contributed by atoms with E-state index in [0.29, 0.717) is 18.1 Å². The van der Waals surface area contributed by atoms with Crippen LogP contribution in [0.15, 0.2) is 65.7 Å². The maximum absolute atomic E-state index is 12.9. The quantitative estimate of drug-likeness (QED) is 0.213. The van der Waals surface area contributed by atoms with E-state index in [4.69, 9.17) is 19.4 Å². The number of benzene rings is 3. The highest BCUT2D eigenvalue weighted by molar-refractivity contribution is 8.00. The lowest BCUT2D eigenvalue weighted by atomic mass is 10.0. The van der Waals surface area contributed by atoms with Gasteiger partial charge >= 0.3 is 0 Å². The lowest BCUT2D eigenvalue weighted by molar-refractivity contribution is -0.113. The van der Waals surface area contributed by atoms with Crippen molar-refractivity contribution in [3.05, 3.63) is 88.5 Å². The molecule has 182 valence electrons. The van der Waals surface area contributed by atoms with Crippen LogP contribution in [0.3, 0.4) is 0 Å². The summed E-state index contributed by atoms with van der Waals surface area (Å²) >= 11 is 1.40. The van der Waals surface area contributed by atoms with Gasteiger partial charge in [-0.2, -0.15) is 4.98 Å². The van der Waals surface area contributed by atoms with Gasteiger partial charge in [-0.1, -0.05) is 47.7 Å². The van der Waals surface area contributed by atoms with E-state index in [1.54, 1.807) is 7.11 Å². The van der Waals surface area contributed by atoms with E-state index in [-0.39, 0.29) is 11.7 Å². The predicted molar refractivity (Wildman–Crippen MR) is 143 cm³/mol. The molecule has 1 amide bonds. The molecule has 1 aliphatic heterocycles. The number of thioether (sulfide) groups is 1. The SMILES string of the molecule is COc1ccc(-c2nc3c(c(SCC(=O)Nc4c(C)cccc4C)n2)Cc2cc(C)ccc2O3)cc1. The van der Waals surface area contributed by atoms with Crippen molar-refractivity contribution in [2.45, 2.75) is 32.2 Å². The van der Waals surface area contributed by atoms with Crippen LogP contribution in [0.5, 0.6) is 17.4 Å². The molecule has 3 aromatic carbocycles. The average Bonchev–Trinajstić information content (AvgIpc) is 2.88. The molecule has 5 rings (SSSR count). The molecule has 0 spiro atoms. The topological polar surface area (TPSA) is 73.3 Å². The van der Waals surface area contributed by atoms with E-state index < -0.39 is 0 Å². The van der Waals surface area contributed by atoms with Crippen molar-refractivity contribution in [3.8, 4) is 28.8 Å². The number of amides is 1. The van der Waals surface area contributed by atoms with Crippen molar-refractivity contribution in [2.75, 3.05) is 18.2 Å². The maximum Gasteiger partial charge on any atom is 0.234 e. The largest absolute Gasteiger partial charge is 0.497 e. The van der Waals surface area contributed by atoms with Gasteiger partial charge < -0.3 is 14.8 Å². The number of nitrogens with zero attached hydrogens (tertiary/aromatic N) is 2. The number of carbonyl (C=O) groups excluding carboxylic acids is 1. The molecule has 2 heterocycles. The van der Waals surface area contributed by atoms with Crippen LogP contribution < -0.4 is 14.8 Å². The minimum atomic E-state index is -0.0799. The number of rotatable bonds is 6. The molecule has 0 atom stereocenters. The van der Waals surface area contributed by atoms with Crippen LogP contribution in [0.1, 0.15) is 27.8 Å². The highest BCUT2D eigenvalue weighted by Gasteiger charge is 2.25. The minimum absolute atomic E-state index is 0.0799. The van der Waals surface area contributed by atoms with E-state index in [2.05, 4.69) is 18.3 Å². The molecule has 6 nitrogen and oxygen atoms in total. The lowest BCUT2D eigenvalue weighted by Crippen LogP contribution is -2.16. The molecule has 0 unspecified atom stereocenters. The fraction of sp³-hybridized carbons (Fsp3) is 0.207. The van der Waals surface area contributed by atoms with Crippen LogP contribution in [-0.2, 0) is 11.2 Å². The van der Waals surface area contributed by atoms with Crippen molar-refractivity contribution >= 4 is 23.4 Å². The molecule has 0 bridgehead atoms. The molecular weight excluding hydrogens is 470 g/mol. The number of aromatic nitrogens is 2. The number of fused-ring (bicyclic) bond motifs is 2. The fourth-order valence-electron chi connectivity index (χ4n) is 4.23. The van der Waals surface area contributed by atoms with Gasteiger partial charge in [-0.3, -0.25) is 4.79 Å². The third-order valence-electron chi connectivity index (χ3n) is 6.15. The Bertz CT molecular complexity index is 1430. The van der Waals surface area contributed by atoms with Crippen LogP contribution >= 0.6 is 11.8 Å². The monoisotopic (exact) mass is 497 g/mol. The number of para-hydroxylation sites is 1. The van der Waals surface area contributed by atoms with Gasteiger partial charge in [-0.25, -0.2) is 4.98 Å². The number of aryl methyl sites for hydroxylation is 3. The molecule has 0 saturated heterocycles. The van der Waals surface area contributed by atoms with Crippen molar-refractivity contribution in [2.24, 2.45) is 0 Å². The first-order chi connectivity index (χ1) is 17.4. The number of anilines is 1. The van der Waals surface area contributed by atoms with E-state index in [1.165, 1.54) is 17.3 Å². The van der Waals surface area contributed by atoms with Crippen molar-refractivity contribution in [3.63, 3.8) is 0 Å². The van der Waals surface area contributed by atoms with Gasteiger partial charge in [-0.05, 0) is 67.8 Å². The Morgan fingerprint density at radius 2 is 1.78 bits per heavy atom. The third kappa shape index (κ3) is 4.93. The molecule has 0 aliphatic carbocycles. The Balaban J connectivity index is 1.46. The van der Waals surface area contributed by atoms with Gasteiger partial charge in [-0.15, -0.1) is 0 Å². The summed E-state index contributed by atoms with van der Waals surface area (Å²) in [6, 6.07) is 19.7. The highest BCUT2D eigenvalue weighted by Crippen LogP contribution is 2.40. The maximum atomic E-state index is 12.9. The summed E-state index contributed by atoms with van der Waals surface area (Å²) in [7, 11) is 1.63. The van der Waals surface area contributed by atoms with Gasteiger partial charge in [0, 0.05) is 17.7 Å². The zero-order valence-electron chi connectivity index (χ0n) is 20.7. The number of ether oxygens (including phenoxy) is 2. The van der Waals surface area contributed by atoms with Gasteiger partial charge in [0.2, 0.25) is 11.8 Å². The summed E-state index contributed by atoms with van der Waals surface area (Å²) in [6.07, 6.45) is 0.649. The Morgan fingerprint density at radius 3 is 2.50 bits per heavy atom. The second kappa shape index (κ2) is 10.0. The number of methoxy groups -OCH3 is 1. The smallest absolute Gasteiger partial charge is 0.234 e. The fourth-order valence-corrected chi connectivity index (χ4v) is 5.05. The molecular formula is C29H27N3O3S. The van der Waals surface area contributed by atoms with Crippen LogP contribution in [0.4, 0.5) is 5.69 Å². The van der Waals surface area contributed by atoms with Crippen LogP contribution in [0, 0.1) is 20.8 Å². The van der Waals surface area contributed by atoms with E-state index in [1.807, 2.05) is 68.4 Å². The van der Waals surface area contributed by atoms with E-state index in [0.717, 1.165) is 50.0 Å². The Hall–Kier alpha value is -3.84. The molecule has 0 saturated carbocycles. The number of hydrogen-bond acceptors (Lipinski definition) is 6. The number of hydrogen-bond donors (Lipinski definition) is 1. The molecule has 36 heavy (non-hydrogen) atoms. The summed E-state index contributed by atoms with van der Waals surface area (Å²) in [5.74, 6) is 2.78. The standard InChI is InChI=1S/C29H27N3O3S/c1-17-8-13-24-21(14-17)15-23-28(35-24)31-27(20-9-11-22(34-4)12-10-20)32-29(23)36-16-25(33)30-26-18(2)6-5-7-19(26)3/h5-14H,15-16H2,1-4H3,(H,30,33). The summed E-state index contributed by atoms with van der Waals surface area (Å²) in [4.78, 5) is 22.5. The average molecular weight is 498 g/mol. The molecule has 1 aliphatic rings. The number of nitrogens with one attached hydrogen (secondary N) is 1. The molecule has 0 fully saturated rings. The van der Waals surface area contributed by atoms with Gasteiger partial charge in [0.1, 0.15) is 16.5 Å². The first kappa shape index (κ1) is 23.9. The molecule has 4 aromatic rings. The van der Waals surface area contributed by atoms with Gasteiger partial charge in [0.05, 0.1) is 18.4 Å². The van der Waals surface area contributed by atoms with Crippen molar-refractivity contribution in [1.29, 1.82) is 0 Å². The zero-order chi connectivity index (χ0) is 25.2. The Morgan fingerprint density at radius 1 is 1.03 bits per heavy atom. The van der Waals surface area contributed by atoms with E-state index in [9.17, 15) is 4.79 Å². The second-order valence-electron chi connectivity index (χ2n) is 8.86. The molecule has 0 radical (unpaired) electrons. The minimum Gasteiger partial charge on any atom is -0.497 e. The van der Waals surface area contributed by atoms with Crippen molar-refractivity contribution in [1.82, 2.24) is 9.97 Å². The lowest BCUT2D eigenvalue weighted by Gasteiger charge is -2.22. The van der Waals surface area contributed by atoms with Crippen LogP contribution in [-0.4, -0.2) is 28.7 Å².